The van der Waals surface area contributed by atoms with Gasteiger partial charge in [-0.2, -0.15) is 13.2 Å². The Balaban J connectivity index is 1.55. The lowest BCUT2D eigenvalue weighted by Crippen LogP contribution is -2.39. The van der Waals surface area contributed by atoms with Gasteiger partial charge in [0.2, 0.25) is 5.88 Å². The number of halogens is 3. The molecule has 10 heteroatoms. The van der Waals surface area contributed by atoms with Crippen LogP contribution < -0.4 is 15.4 Å². The molecule has 0 radical (unpaired) electrons. The molecule has 160 valence electrons. The monoisotopic (exact) mass is 438 g/mol. The highest BCUT2D eigenvalue weighted by Gasteiger charge is 2.29. The molecular weight excluding hydrogens is 417 g/mol. The summed E-state index contributed by atoms with van der Waals surface area (Å²) < 4.78 is 43.1. The van der Waals surface area contributed by atoms with E-state index in [2.05, 4.69) is 20.6 Å². The van der Waals surface area contributed by atoms with Gasteiger partial charge in [-0.15, -0.1) is 11.3 Å². The number of aromatic nitrogens is 1. The molecule has 2 heterocycles. The molecule has 0 saturated carbocycles. The lowest BCUT2D eigenvalue weighted by molar-refractivity contribution is -0.154. The molecule has 3 aromatic rings. The second-order valence-corrected chi connectivity index (χ2v) is 7.50. The topological polar surface area (TPSA) is 78.8 Å². The van der Waals surface area contributed by atoms with E-state index in [0.717, 1.165) is 15.0 Å². The highest BCUT2D eigenvalue weighted by molar-refractivity contribution is 7.19. The first kappa shape index (κ1) is 21.8. The van der Waals surface area contributed by atoms with E-state index in [4.69, 9.17) is 4.74 Å². The minimum absolute atomic E-state index is 0.0944. The Hall–Kier alpha value is -2.85. The third-order valence-corrected chi connectivity index (χ3v) is 5.35. The van der Waals surface area contributed by atoms with Crippen LogP contribution in [0.3, 0.4) is 0 Å². The Morgan fingerprint density at radius 2 is 2.03 bits per heavy atom. The van der Waals surface area contributed by atoms with Crippen LogP contribution in [0.25, 0.3) is 10.1 Å². The van der Waals surface area contributed by atoms with Crippen LogP contribution in [0.1, 0.15) is 16.5 Å². The summed E-state index contributed by atoms with van der Waals surface area (Å²) in [6.07, 6.45) is -3.81. The number of fused-ring (bicyclic) bond motifs is 1. The van der Waals surface area contributed by atoms with E-state index in [0.29, 0.717) is 11.5 Å². The maximum absolute atomic E-state index is 12.4. The fraction of sp³-hybridized carbons (Fsp3) is 0.300. The summed E-state index contributed by atoms with van der Waals surface area (Å²) in [7, 11) is 1.56. The third-order valence-electron chi connectivity index (χ3n) is 4.13. The van der Waals surface area contributed by atoms with Gasteiger partial charge >= 0.3 is 6.18 Å². The van der Waals surface area contributed by atoms with Crippen molar-refractivity contribution in [1.29, 1.82) is 0 Å². The quantitative estimate of drug-likeness (QED) is 0.388. The number of alkyl halides is 3. The third kappa shape index (κ3) is 6.07. The van der Waals surface area contributed by atoms with E-state index in [9.17, 15) is 18.3 Å². The molecule has 30 heavy (non-hydrogen) atoms. The van der Waals surface area contributed by atoms with Gasteiger partial charge in [0, 0.05) is 41.5 Å². The van der Waals surface area contributed by atoms with Gasteiger partial charge in [0.05, 0.1) is 0 Å². The van der Waals surface area contributed by atoms with Crippen molar-refractivity contribution in [3.63, 3.8) is 0 Å². The van der Waals surface area contributed by atoms with E-state index in [1.54, 1.807) is 19.2 Å². The second-order valence-electron chi connectivity index (χ2n) is 6.38. The minimum atomic E-state index is -4.44. The Labute approximate surface area is 175 Å². The number of nitrogens with zero attached hydrogens (tertiary/aromatic N) is 2. The largest absolute Gasteiger partial charge is 0.468 e. The second kappa shape index (κ2) is 9.77. The molecule has 2 aromatic heterocycles. The number of benzene rings is 1. The maximum atomic E-state index is 12.4. The van der Waals surface area contributed by atoms with Crippen LogP contribution in [0.4, 0.5) is 13.2 Å². The van der Waals surface area contributed by atoms with Gasteiger partial charge in [0.25, 0.3) is 0 Å². The SMILES string of the molecule is CN=C(NCc1cccnc1OCC(F)(F)F)NCC(O)c1cc2ccccc2s1. The first-order chi connectivity index (χ1) is 14.4. The number of ether oxygens (including phenoxy) is 1. The number of pyridine rings is 1. The van der Waals surface area contributed by atoms with Crippen LogP contribution in [-0.4, -0.2) is 42.4 Å². The number of rotatable bonds is 7. The van der Waals surface area contributed by atoms with Crippen molar-refractivity contribution >= 4 is 27.4 Å². The summed E-state index contributed by atoms with van der Waals surface area (Å²) in [5, 5.41) is 17.5. The van der Waals surface area contributed by atoms with Crippen molar-refractivity contribution in [2.45, 2.75) is 18.8 Å². The van der Waals surface area contributed by atoms with Gasteiger partial charge < -0.3 is 20.5 Å². The Bertz CT molecular complexity index is 974. The molecule has 0 saturated heterocycles. The lowest BCUT2D eigenvalue weighted by atomic mass is 10.2. The molecule has 6 nitrogen and oxygen atoms in total. The number of guanidine groups is 1. The van der Waals surface area contributed by atoms with Gasteiger partial charge in [-0.25, -0.2) is 4.98 Å². The van der Waals surface area contributed by atoms with Gasteiger partial charge in [0.1, 0.15) is 6.10 Å². The van der Waals surface area contributed by atoms with Crippen molar-refractivity contribution in [1.82, 2.24) is 15.6 Å². The molecule has 0 aliphatic rings. The summed E-state index contributed by atoms with van der Waals surface area (Å²) in [6, 6.07) is 13.1. The van der Waals surface area contributed by atoms with Gasteiger partial charge in [-0.3, -0.25) is 4.99 Å². The first-order valence-corrected chi connectivity index (χ1v) is 9.92. The highest BCUT2D eigenvalue weighted by Crippen LogP contribution is 2.29. The minimum Gasteiger partial charge on any atom is -0.468 e. The molecule has 1 aromatic carbocycles. The molecule has 0 spiro atoms. The number of nitrogens with one attached hydrogen (secondary N) is 2. The van der Waals surface area contributed by atoms with Gasteiger partial charge in [0.15, 0.2) is 12.6 Å². The van der Waals surface area contributed by atoms with E-state index in [-0.39, 0.29) is 19.0 Å². The zero-order valence-corrected chi connectivity index (χ0v) is 16.9. The molecule has 1 atom stereocenters. The van der Waals surface area contributed by atoms with Crippen molar-refractivity contribution in [3.05, 3.63) is 59.1 Å². The standard InChI is InChI=1S/C20H21F3N4O2S/c1-24-19(26-10-14-6-4-8-25-18(14)29-12-20(21,22)23)27-11-15(28)17-9-13-5-2-3-7-16(13)30-17/h2-9,15,28H,10-12H2,1H3,(H2,24,26,27). The van der Waals surface area contributed by atoms with Crippen LogP contribution in [0.2, 0.25) is 0 Å². The summed E-state index contributed by atoms with van der Waals surface area (Å²) >= 11 is 1.52. The number of thiophene rings is 1. The summed E-state index contributed by atoms with van der Waals surface area (Å²) in [5.74, 6) is 0.295. The predicted molar refractivity (Wildman–Crippen MR) is 111 cm³/mol. The molecule has 3 rings (SSSR count). The average Bonchev–Trinajstić information content (AvgIpc) is 3.16. The predicted octanol–water partition coefficient (Wildman–Crippen LogP) is 3.64. The van der Waals surface area contributed by atoms with Crippen molar-refractivity contribution in [3.8, 4) is 5.88 Å². The summed E-state index contributed by atoms with van der Waals surface area (Å²) in [4.78, 5) is 8.76. The Morgan fingerprint density at radius 1 is 1.23 bits per heavy atom. The van der Waals surface area contributed by atoms with Gasteiger partial charge in [-0.1, -0.05) is 24.3 Å². The fourth-order valence-electron chi connectivity index (χ4n) is 2.70. The number of aliphatic hydroxyl groups is 1. The van der Waals surface area contributed by atoms with Gasteiger partial charge in [-0.05, 0) is 23.6 Å². The fourth-order valence-corrected chi connectivity index (χ4v) is 3.75. The summed E-state index contributed by atoms with van der Waals surface area (Å²) in [5.41, 5.74) is 0.453. The molecule has 0 aliphatic carbocycles. The summed E-state index contributed by atoms with van der Waals surface area (Å²) in [6.45, 7) is -1.04. The number of hydrogen-bond donors (Lipinski definition) is 3. The van der Waals surface area contributed by atoms with Crippen LogP contribution >= 0.6 is 11.3 Å². The zero-order valence-electron chi connectivity index (χ0n) is 16.1. The zero-order chi connectivity index (χ0) is 21.6. The molecular formula is C20H21F3N4O2S. The van der Waals surface area contributed by atoms with Crippen molar-refractivity contribution < 1.29 is 23.0 Å². The molecule has 0 fully saturated rings. The van der Waals surface area contributed by atoms with Crippen LogP contribution in [0.15, 0.2) is 53.7 Å². The Morgan fingerprint density at radius 3 is 2.77 bits per heavy atom. The van der Waals surface area contributed by atoms with Crippen molar-refractivity contribution in [2.75, 3.05) is 20.2 Å². The Kier molecular flexibility index (Phi) is 7.11. The first-order valence-electron chi connectivity index (χ1n) is 9.10. The normalized spacial score (nSPS) is 13.3. The number of hydrogen-bond acceptors (Lipinski definition) is 5. The molecule has 0 aliphatic heterocycles. The molecule has 0 amide bonds. The maximum Gasteiger partial charge on any atom is 0.422 e. The van der Waals surface area contributed by atoms with Crippen LogP contribution in [0.5, 0.6) is 5.88 Å². The van der Waals surface area contributed by atoms with E-state index < -0.39 is 18.9 Å². The molecule has 0 bridgehead atoms. The smallest absolute Gasteiger partial charge is 0.422 e. The number of aliphatic hydroxyl groups excluding tert-OH is 1. The molecule has 3 N–H and O–H groups in total. The van der Waals surface area contributed by atoms with Crippen LogP contribution in [-0.2, 0) is 6.54 Å². The van der Waals surface area contributed by atoms with E-state index in [1.807, 2.05) is 30.3 Å². The van der Waals surface area contributed by atoms with E-state index in [1.165, 1.54) is 17.5 Å². The van der Waals surface area contributed by atoms with Crippen LogP contribution in [0, 0.1) is 0 Å². The lowest BCUT2D eigenvalue weighted by Gasteiger charge is -2.16. The highest BCUT2D eigenvalue weighted by atomic mass is 32.1. The number of aliphatic imine (C=N–C) groups is 1. The van der Waals surface area contributed by atoms with Crippen molar-refractivity contribution in [2.24, 2.45) is 4.99 Å². The van der Waals surface area contributed by atoms with E-state index >= 15 is 0 Å². The average molecular weight is 438 g/mol. The molecule has 1 unspecified atom stereocenters.